The molecule has 1 aromatic carbocycles. The van der Waals surface area contributed by atoms with E-state index in [0.717, 1.165) is 22.4 Å². The quantitative estimate of drug-likeness (QED) is 0.601. The number of aromatic amines is 1. The molecule has 0 aliphatic carbocycles. The highest BCUT2D eigenvalue weighted by atomic mass is 14.9. The van der Waals surface area contributed by atoms with Gasteiger partial charge in [-0.3, -0.25) is 0 Å². The fraction of sp³-hybridized carbons (Fsp3) is 0.381. The van der Waals surface area contributed by atoms with Crippen molar-refractivity contribution in [1.29, 1.82) is 0 Å². The molecule has 1 aromatic heterocycles. The standard InChI is InChI=1S/C15H16N2.3C2H6/c1-4-6-12(7-5-2)13-8-9-14-15(10-13)17-11(3)16-14;3*1-2/h4-10H,1H2,2-3H3,(H,16,17);3*1-2H3/b7-5-,12-6+;;;. The SMILES string of the molecule is C=C/C=C(\C=C/C)c1ccc2nc(C)[nH]c2c1.CC.CC.CC. The number of aromatic nitrogens is 2. The average Bonchev–Trinajstić information content (AvgIpc) is 2.99. The van der Waals surface area contributed by atoms with E-state index in [-0.39, 0.29) is 0 Å². The Bertz CT molecular complexity index is 601. The van der Waals surface area contributed by atoms with Crippen molar-refractivity contribution in [1.82, 2.24) is 9.97 Å². The van der Waals surface area contributed by atoms with Crippen LogP contribution in [-0.2, 0) is 0 Å². The Morgan fingerprint density at radius 2 is 1.70 bits per heavy atom. The second-order valence-corrected chi connectivity index (χ2v) is 3.91. The summed E-state index contributed by atoms with van der Waals surface area (Å²) in [5, 5.41) is 0. The predicted octanol–water partition coefficient (Wildman–Crippen LogP) is 7.10. The Morgan fingerprint density at radius 1 is 1.09 bits per heavy atom. The van der Waals surface area contributed by atoms with Gasteiger partial charge in [0.05, 0.1) is 11.0 Å². The van der Waals surface area contributed by atoms with Gasteiger partial charge in [0, 0.05) is 0 Å². The van der Waals surface area contributed by atoms with Crippen LogP contribution in [0.5, 0.6) is 0 Å². The van der Waals surface area contributed by atoms with E-state index in [9.17, 15) is 0 Å². The van der Waals surface area contributed by atoms with Gasteiger partial charge in [0.2, 0.25) is 0 Å². The van der Waals surface area contributed by atoms with Gasteiger partial charge in [-0.1, -0.05) is 78.5 Å². The van der Waals surface area contributed by atoms with E-state index in [2.05, 4.69) is 34.8 Å². The van der Waals surface area contributed by atoms with Crippen LogP contribution in [0.2, 0.25) is 0 Å². The molecular formula is C21H34N2. The summed E-state index contributed by atoms with van der Waals surface area (Å²) in [6, 6.07) is 6.23. The van der Waals surface area contributed by atoms with Gasteiger partial charge in [-0.25, -0.2) is 4.98 Å². The highest BCUT2D eigenvalue weighted by molar-refractivity contribution is 5.84. The van der Waals surface area contributed by atoms with E-state index in [1.165, 1.54) is 5.56 Å². The summed E-state index contributed by atoms with van der Waals surface area (Å²) >= 11 is 0. The molecule has 0 spiro atoms. The normalized spacial score (nSPS) is 10.0. The molecule has 2 rings (SSSR count). The van der Waals surface area contributed by atoms with Gasteiger partial charge in [0.25, 0.3) is 0 Å². The van der Waals surface area contributed by atoms with Gasteiger partial charge in [0.15, 0.2) is 0 Å². The number of fused-ring (bicyclic) bond motifs is 1. The highest BCUT2D eigenvalue weighted by Crippen LogP contribution is 2.21. The van der Waals surface area contributed by atoms with Crippen LogP contribution in [0.4, 0.5) is 0 Å². The zero-order valence-electron chi connectivity index (χ0n) is 16.2. The van der Waals surface area contributed by atoms with E-state index in [1.54, 1.807) is 6.08 Å². The number of hydrogen-bond acceptors (Lipinski definition) is 1. The maximum Gasteiger partial charge on any atom is 0.104 e. The number of nitrogens with zero attached hydrogens (tertiary/aromatic N) is 1. The summed E-state index contributed by atoms with van der Waals surface area (Å²) in [7, 11) is 0. The van der Waals surface area contributed by atoms with E-state index < -0.39 is 0 Å². The first-order valence-electron chi connectivity index (χ1n) is 8.66. The smallest absolute Gasteiger partial charge is 0.104 e. The first-order valence-corrected chi connectivity index (χ1v) is 8.66. The van der Waals surface area contributed by atoms with Crippen LogP contribution in [-0.4, -0.2) is 9.97 Å². The van der Waals surface area contributed by atoms with Crippen LogP contribution in [0.25, 0.3) is 16.6 Å². The molecule has 2 nitrogen and oxygen atoms in total. The zero-order chi connectivity index (χ0) is 18.3. The Balaban J connectivity index is 0. The molecule has 0 aliphatic rings. The molecule has 0 fully saturated rings. The van der Waals surface area contributed by atoms with Gasteiger partial charge >= 0.3 is 0 Å². The number of benzene rings is 1. The van der Waals surface area contributed by atoms with Crippen molar-refractivity contribution >= 4 is 16.6 Å². The molecule has 2 aromatic rings. The topological polar surface area (TPSA) is 28.7 Å². The molecule has 0 atom stereocenters. The number of aryl methyl sites for hydroxylation is 1. The summed E-state index contributed by atoms with van der Waals surface area (Å²) in [6.07, 6.45) is 7.91. The fourth-order valence-electron chi connectivity index (χ4n) is 1.87. The van der Waals surface area contributed by atoms with Gasteiger partial charge in [0.1, 0.15) is 5.82 Å². The summed E-state index contributed by atoms with van der Waals surface area (Å²) in [5.41, 5.74) is 4.39. The van der Waals surface area contributed by atoms with Crippen molar-refractivity contribution in [3.05, 3.63) is 60.5 Å². The molecule has 0 saturated carbocycles. The molecule has 0 saturated heterocycles. The Hall–Kier alpha value is -2.09. The van der Waals surface area contributed by atoms with Crippen molar-refractivity contribution in [3.63, 3.8) is 0 Å². The zero-order valence-corrected chi connectivity index (χ0v) is 16.2. The van der Waals surface area contributed by atoms with Crippen LogP contribution in [0, 0.1) is 6.92 Å². The maximum atomic E-state index is 4.39. The molecule has 2 heteroatoms. The number of hydrogen-bond donors (Lipinski definition) is 1. The van der Waals surface area contributed by atoms with Crippen molar-refractivity contribution in [2.24, 2.45) is 0 Å². The molecular weight excluding hydrogens is 280 g/mol. The first-order chi connectivity index (χ1) is 11.2. The minimum atomic E-state index is 0.942. The molecule has 0 aliphatic heterocycles. The van der Waals surface area contributed by atoms with Crippen LogP contribution in [0.1, 0.15) is 59.9 Å². The van der Waals surface area contributed by atoms with Gasteiger partial charge in [-0.15, -0.1) is 0 Å². The molecule has 0 unspecified atom stereocenters. The first kappa shape index (κ1) is 23.2. The van der Waals surface area contributed by atoms with E-state index in [4.69, 9.17) is 0 Å². The second kappa shape index (κ2) is 14.8. The van der Waals surface area contributed by atoms with Crippen LogP contribution < -0.4 is 0 Å². The molecule has 23 heavy (non-hydrogen) atoms. The van der Waals surface area contributed by atoms with Gasteiger partial charge in [-0.05, 0) is 37.1 Å². The summed E-state index contributed by atoms with van der Waals surface area (Å²) in [4.78, 5) is 7.64. The number of allylic oxidation sites excluding steroid dienone is 5. The maximum absolute atomic E-state index is 4.39. The molecule has 1 N–H and O–H groups in total. The molecule has 128 valence electrons. The lowest BCUT2D eigenvalue weighted by atomic mass is 10.0. The minimum absolute atomic E-state index is 0.942. The third-order valence-corrected chi connectivity index (χ3v) is 2.58. The van der Waals surface area contributed by atoms with E-state index in [0.29, 0.717) is 0 Å². The number of imidazole rings is 1. The molecule has 1 heterocycles. The molecule has 0 radical (unpaired) electrons. The Morgan fingerprint density at radius 3 is 2.22 bits per heavy atom. The van der Waals surface area contributed by atoms with Crippen LogP contribution in [0.3, 0.4) is 0 Å². The lowest BCUT2D eigenvalue weighted by Crippen LogP contribution is -1.81. The second-order valence-electron chi connectivity index (χ2n) is 3.91. The lowest BCUT2D eigenvalue weighted by molar-refractivity contribution is 1.17. The average molecular weight is 315 g/mol. The van der Waals surface area contributed by atoms with Gasteiger partial charge in [-0.2, -0.15) is 0 Å². The minimum Gasteiger partial charge on any atom is -0.342 e. The molecule has 0 bridgehead atoms. The number of H-pyrrole nitrogens is 1. The van der Waals surface area contributed by atoms with Crippen LogP contribution in [0.15, 0.2) is 49.1 Å². The van der Waals surface area contributed by atoms with Crippen molar-refractivity contribution in [2.45, 2.75) is 55.4 Å². The highest BCUT2D eigenvalue weighted by Gasteiger charge is 2.02. The van der Waals surface area contributed by atoms with Crippen molar-refractivity contribution < 1.29 is 0 Å². The fourth-order valence-corrected chi connectivity index (χ4v) is 1.87. The predicted molar refractivity (Wildman–Crippen MR) is 108 cm³/mol. The number of nitrogens with one attached hydrogen (secondary N) is 1. The summed E-state index contributed by atoms with van der Waals surface area (Å²) in [6.45, 7) is 19.7. The monoisotopic (exact) mass is 314 g/mol. The Labute approximate surface area is 143 Å². The largest absolute Gasteiger partial charge is 0.342 e. The Kier molecular flexibility index (Phi) is 14.9. The van der Waals surface area contributed by atoms with Gasteiger partial charge < -0.3 is 4.98 Å². The summed E-state index contributed by atoms with van der Waals surface area (Å²) in [5.74, 6) is 0.942. The molecule has 0 amide bonds. The van der Waals surface area contributed by atoms with Crippen molar-refractivity contribution in [2.75, 3.05) is 0 Å². The third-order valence-electron chi connectivity index (χ3n) is 2.58. The summed E-state index contributed by atoms with van der Waals surface area (Å²) < 4.78 is 0. The number of rotatable bonds is 3. The van der Waals surface area contributed by atoms with Crippen molar-refractivity contribution in [3.8, 4) is 0 Å². The third kappa shape index (κ3) is 7.64. The van der Waals surface area contributed by atoms with E-state index in [1.807, 2.05) is 73.6 Å². The van der Waals surface area contributed by atoms with E-state index >= 15 is 0 Å². The van der Waals surface area contributed by atoms with Crippen LogP contribution >= 0.6 is 0 Å². The lowest BCUT2D eigenvalue weighted by Gasteiger charge is -2.01.